The Balaban J connectivity index is 4.07. The molecule has 0 aromatic heterocycles. The molecule has 1 unspecified atom stereocenters. The molecule has 1 atom stereocenters. The molecule has 0 aliphatic heterocycles. The van der Waals surface area contributed by atoms with Crippen LogP contribution in [0.15, 0.2) is 0 Å². The van der Waals surface area contributed by atoms with E-state index in [4.69, 9.17) is 5.11 Å². The highest BCUT2D eigenvalue weighted by Gasteiger charge is 2.30. The summed E-state index contributed by atoms with van der Waals surface area (Å²) in [7, 11) is 0. The number of carbonyl (C=O) groups is 3. The SMILES string of the molecule is CSCC(C)CNC(=O)NC(=O)CC(C)(C)C(=O)O. The number of thioether (sulfide) groups is 1. The molecule has 0 aliphatic carbocycles. The fraction of sp³-hybridized carbons (Fsp3) is 0.750. The third kappa shape index (κ3) is 7.71. The van der Waals surface area contributed by atoms with Crippen LogP contribution in [0.5, 0.6) is 0 Å². The summed E-state index contributed by atoms with van der Waals surface area (Å²) in [5.74, 6) is -0.439. The molecular formula is C12H22N2O4S. The standard InChI is InChI=1S/C12H22N2O4S/c1-8(7-19-4)6-13-11(18)14-9(15)5-12(2,3)10(16)17/h8H,5-7H2,1-4H3,(H,16,17)(H2,13,14,15,18). The Morgan fingerprint density at radius 2 is 1.89 bits per heavy atom. The summed E-state index contributed by atoms with van der Waals surface area (Å²) in [6.07, 6.45) is 1.74. The van der Waals surface area contributed by atoms with Gasteiger partial charge in [-0.15, -0.1) is 0 Å². The van der Waals surface area contributed by atoms with Crippen molar-refractivity contribution in [3.63, 3.8) is 0 Å². The Bertz CT molecular complexity index is 345. The van der Waals surface area contributed by atoms with Crippen LogP contribution in [0, 0.1) is 11.3 Å². The molecular weight excluding hydrogens is 268 g/mol. The van der Waals surface area contributed by atoms with Crippen molar-refractivity contribution >= 4 is 29.7 Å². The van der Waals surface area contributed by atoms with Crippen LogP contribution in [0.25, 0.3) is 0 Å². The van der Waals surface area contributed by atoms with E-state index in [9.17, 15) is 14.4 Å². The minimum atomic E-state index is -1.18. The lowest BCUT2D eigenvalue weighted by molar-refractivity contribution is -0.149. The van der Waals surface area contributed by atoms with Gasteiger partial charge in [-0.25, -0.2) is 4.79 Å². The van der Waals surface area contributed by atoms with Crippen LogP contribution in [0.3, 0.4) is 0 Å². The number of hydrogen-bond donors (Lipinski definition) is 3. The maximum atomic E-state index is 11.5. The number of hydrogen-bond acceptors (Lipinski definition) is 4. The fourth-order valence-electron chi connectivity index (χ4n) is 1.30. The normalized spacial score (nSPS) is 12.6. The number of carbonyl (C=O) groups excluding carboxylic acids is 2. The van der Waals surface area contributed by atoms with Crippen molar-refractivity contribution in [1.29, 1.82) is 0 Å². The van der Waals surface area contributed by atoms with Gasteiger partial charge in [0, 0.05) is 13.0 Å². The first-order valence-corrected chi connectivity index (χ1v) is 7.38. The van der Waals surface area contributed by atoms with Crippen molar-refractivity contribution in [1.82, 2.24) is 10.6 Å². The highest BCUT2D eigenvalue weighted by atomic mass is 32.2. The van der Waals surface area contributed by atoms with Gasteiger partial charge in [0.1, 0.15) is 0 Å². The molecule has 0 aromatic carbocycles. The van der Waals surface area contributed by atoms with Gasteiger partial charge in [0.05, 0.1) is 5.41 Å². The number of rotatable bonds is 7. The second kappa shape index (κ2) is 8.04. The molecule has 3 N–H and O–H groups in total. The summed E-state index contributed by atoms with van der Waals surface area (Å²) in [5, 5.41) is 13.6. The molecule has 0 rings (SSSR count). The molecule has 0 radical (unpaired) electrons. The van der Waals surface area contributed by atoms with E-state index in [-0.39, 0.29) is 6.42 Å². The molecule has 0 spiro atoms. The summed E-state index contributed by atoms with van der Waals surface area (Å²) in [5.41, 5.74) is -1.18. The van der Waals surface area contributed by atoms with E-state index in [2.05, 4.69) is 10.6 Å². The summed E-state index contributed by atoms with van der Waals surface area (Å²) < 4.78 is 0. The summed E-state index contributed by atoms with van der Waals surface area (Å²) in [6, 6.07) is -0.584. The van der Waals surface area contributed by atoms with Crippen LogP contribution in [0.4, 0.5) is 4.79 Å². The van der Waals surface area contributed by atoms with Crippen LogP contribution in [0.2, 0.25) is 0 Å². The highest BCUT2D eigenvalue weighted by molar-refractivity contribution is 7.98. The van der Waals surface area contributed by atoms with Crippen molar-refractivity contribution in [2.75, 3.05) is 18.6 Å². The van der Waals surface area contributed by atoms with E-state index in [1.807, 2.05) is 13.2 Å². The van der Waals surface area contributed by atoms with Crippen molar-refractivity contribution in [2.24, 2.45) is 11.3 Å². The fourth-order valence-corrected chi connectivity index (χ4v) is 1.99. The lowest BCUT2D eigenvalue weighted by atomic mass is 9.89. The van der Waals surface area contributed by atoms with E-state index >= 15 is 0 Å². The average Bonchev–Trinajstić information content (AvgIpc) is 2.25. The second-order valence-electron chi connectivity index (χ2n) is 5.18. The Labute approximate surface area is 117 Å². The van der Waals surface area contributed by atoms with E-state index in [1.54, 1.807) is 11.8 Å². The zero-order valence-electron chi connectivity index (χ0n) is 11.8. The Morgan fingerprint density at radius 3 is 2.37 bits per heavy atom. The predicted molar refractivity (Wildman–Crippen MR) is 75.1 cm³/mol. The first kappa shape index (κ1) is 17.8. The summed E-state index contributed by atoms with van der Waals surface area (Å²) in [4.78, 5) is 33.8. The molecule has 7 heteroatoms. The van der Waals surface area contributed by atoms with Gasteiger partial charge < -0.3 is 10.4 Å². The van der Waals surface area contributed by atoms with Gasteiger partial charge in [-0.05, 0) is 31.8 Å². The van der Waals surface area contributed by atoms with Gasteiger partial charge >= 0.3 is 12.0 Å². The molecule has 0 aliphatic rings. The van der Waals surface area contributed by atoms with Crippen LogP contribution >= 0.6 is 11.8 Å². The molecule has 110 valence electrons. The quantitative estimate of drug-likeness (QED) is 0.657. The number of imide groups is 1. The van der Waals surface area contributed by atoms with Crippen LogP contribution in [0.1, 0.15) is 27.2 Å². The van der Waals surface area contributed by atoms with Gasteiger partial charge in [0.15, 0.2) is 0 Å². The lowest BCUT2D eigenvalue weighted by Gasteiger charge is -2.18. The molecule has 0 aromatic rings. The maximum Gasteiger partial charge on any atom is 0.321 e. The predicted octanol–water partition coefficient (Wildman–Crippen LogP) is 1.31. The third-order valence-electron chi connectivity index (χ3n) is 2.50. The van der Waals surface area contributed by atoms with Crippen LogP contribution in [-0.4, -0.2) is 41.6 Å². The Hall–Kier alpha value is -1.24. The largest absolute Gasteiger partial charge is 0.481 e. The molecule has 3 amide bonds. The minimum Gasteiger partial charge on any atom is -0.481 e. The van der Waals surface area contributed by atoms with E-state index in [1.165, 1.54) is 13.8 Å². The molecule has 0 heterocycles. The first-order chi connectivity index (χ1) is 8.69. The van der Waals surface area contributed by atoms with Crippen LogP contribution < -0.4 is 10.6 Å². The number of amides is 3. The second-order valence-corrected chi connectivity index (χ2v) is 6.10. The number of nitrogens with one attached hydrogen (secondary N) is 2. The summed E-state index contributed by atoms with van der Waals surface area (Å²) in [6.45, 7) is 5.34. The lowest BCUT2D eigenvalue weighted by Crippen LogP contribution is -2.43. The number of urea groups is 1. The van der Waals surface area contributed by atoms with Gasteiger partial charge in [0.25, 0.3) is 0 Å². The molecule has 0 bridgehead atoms. The van der Waals surface area contributed by atoms with Crippen molar-refractivity contribution in [3.05, 3.63) is 0 Å². The zero-order chi connectivity index (χ0) is 15.1. The highest BCUT2D eigenvalue weighted by Crippen LogP contribution is 2.19. The third-order valence-corrected chi connectivity index (χ3v) is 3.40. The van der Waals surface area contributed by atoms with Gasteiger partial charge in [0.2, 0.25) is 5.91 Å². The maximum absolute atomic E-state index is 11.5. The average molecular weight is 290 g/mol. The molecule has 19 heavy (non-hydrogen) atoms. The smallest absolute Gasteiger partial charge is 0.321 e. The first-order valence-electron chi connectivity index (χ1n) is 5.99. The molecule has 0 saturated carbocycles. The molecule has 0 fully saturated rings. The molecule has 6 nitrogen and oxygen atoms in total. The zero-order valence-corrected chi connectivity index (χ0v) is 12.6. The number of aliphatic carboxylic acids is 1. The van der Waals surface area contributed by atoms with Gasteiger partial charge in [-0.3, -0.25) is 14.9 Å². The Morgan fingerprint density at radius 1 is 1.32 bits per heavy atom. The monoisotopic (exact) mass is 290 g/mol. The Kier molecular flexibility index (Phi) is 7.51. The van der Waals surface area contributed by atoms with E-state index < -0.39 is 23.3 Å². The van der Waals surface area contributed by atoms with Crippen molar-refractivity contribution in [2.45, 2.75) is 27.2 Å². The number of carboxylic acid groups (broad SMARTS) is 1. The van der Waals surface area contributed by atoms with Crippen molar-refractivity contribution < 1.29 is 19.5 Å². The van der Waals surface area contributed by atoms with Gasteiger partial charge in [-0.2, -0.15) is 11.8 Å². The van der Waals surface area contributed by atoms with E-state index in [0.717, 1.165) is 5.75 Å². The van der Waals surface area contributed by atoms with Crippen molar-refractivity contribution in [3.8, 4) is 0 Å². The van der Waals surface area contributed by atoms with Crippen LogP contribution in [-0.2, 0) is 9.59 Å². The van der Waals surface area contributed by atoms with E-state index in [0.29, 0.717) is 12.5 Å². The summed E-state index contributed by atoms with van der Waals surface area (Å²) >= 11 is 1.68. The topological polar surface area (TPSA) is 95.5 Å². The van der Waals surface area contributed by atoms with Gasteiger partial charge in [-0.1, -0.05) is 6.92 Å². The number of carboxylic acids is 1. The minimum absolute atomic E-state index is 0.240. The molecule has 0 saturated heterocycles.